The molecule has 23 heavy (non-hydrogen) atoms. The number of carbonyl (C=O) groups excluding carboxylic acids is 1. The van der Waals surface area contributed by atoms with E-state index in [1.54, 1.807) is 0 Å². The number of benzene rings is 1. The summed E-state index contributed by atoms with van der Waals surface area (Å²) in [5.74, 6) is 0.590. The Labute approximate surface area is 138 Å². The summed E-state index contributed by atoms with van der Waals surface area (Å²) in [6.07, 6.45) is 5.91. The van der Waals surface area contributed by atoms with Crippen molar-refractivity contribution in [2.45, 2.75) is 38.1 Å². The maximum absolute atomic E-state index is 12.8. The van der Waals surface area contributed by atoms with Gasteiger partial charge in [0.15, 0.2) is 0 Å². The normalized spacial score (nSPS) is 28.8. The average molecular weight is 314 g/mol. The van der Waals surface area contributed by atoms with Crippen molar-refractivity contribution in [2.24, 2.45) is 11.3 Å². The Kier molecular flexibility index (Phi) is 4.02. The molecule has 4 heteroatoms. The van der Waals surface area contributed by atoms with Crippen molar-refractivity contribution in [3.63, 3.8) is 0 Å². The van der Waals surface area contributed by atoms with Crippen LogP contribution in [0.25, 0.3) is 0 Å². The standard InChI is InChI=1S/C19H26N2O2/c22-18(21-11-9-19(13-21)10-12-23-14-19)20-17(16-7-4-8-16)15-5-2-1-3-6-15/h1-3,5-6,16-17H,4,7-14H2,(H,20,22)/t17-,19-/m0/s1. The molecule has 4 rings (SSSR count). The Bertz CT molecular complexity index is 550. The van der Waals surface area contributed by atoms with Crippen LogP contribution in [0.5, 0.6) is 0 Å². The van der Waals surface area contributed by atoms with Crippen LogP contribution in [-0.2, 0) is 4.74 Å². The number of amides is 2. The Morgan fingerprint density at radius 2 is 2.09 bits per heavy atom. The van der Waals surface area contributed by atoms with Gasteiger partial charge in [-0.25, -0.2) is 4.79 Å². The van der Waals surface area contributed by atoms with Crippen LogP contribution in [0.3, 0.4) is 0 Å². The highest BCUT2D eigenvalue weighted by Crippen LogP contribution is 2.40. The van der Waals surface area contributed by atoms with Crippen LogP contribution in [0.2, 0.25) is 0 Å². The van der Waals surface area contributed by atoms with Gasteiger partial charge >= 0.3 is 6.03 Å². The largest absolute Gasteiger partial charge is 0.381 e. The number of urea groups is 1. The van der Waals surface area contributed by atoms with E-state index in [0.717, 1.165) is 39.1 Å². The minimum atomic E-state index is 0.106. The van der Waals surface area contributed by atoms with E-state index in [2.05, 4.69) is 29.6 Å². The maximum atomic E-state index is 12.8. The van der Waals surface area contributed by atoms with Crippen LogP contribution < -0.4 is 5.32 Å². The molecular weight excluding hydrogens is 288 g/mol. The monoisotopic (exact) mass is 314 g/mol. The van der Waals surface area contributed by atoms with Gasteiger partial charge in [-0.05, 0) is 37.2 Å². The number of nitrogens with zero attached hydrogens (tertiary/aromatic N) is 1. The molecule has 0 radical (unpaired) electrons. The number of hydrogen-bond donors (Lipinski definition) is 1. The van der Waals surface area contributed by atoms with Crippen LogP contribution >= 0.6 is 0 Å². The molecular formula is C19H26N2O2. The van der Waals surface area contributed by atoms with Gasteiger partial charge in [0.05, 0.1) is 12.6 Å². The summed E-state index contributed by atoms with van der Waals surface area (Å²) in [6.45, 7) is 3.39. The first kappa shape index (κ1) is 15.0. The molecule has 1 saturated carbocycles. The second kappa shape index (κ2) is 6.16. The molecule has 4 nitrogen and oxygen atoms in total. The van der Waals surface area contributed by atoms with E-state index in [1.807, 2.05) is 11.0 Å². The van der Waals surface area contributed by atoms with Crippen molar-refractivity contribution < 1.29 is 9.53 Å². The lowest BCUT2D eigenvalue weighted by molar-refractivity contribution is 0.150. The third kappa shape index (κ3) is 2.97. The van der Waals surface area contributed by atoms with Gasteiger partial charge in [-0.15, -0.1) is 0 Å². The minimum Gasteiger partial charge on any atom is -0.381 e. The Morgan fingerprint density at radius 1 is 1.26 bits per heavy atom. The molecule has 1 spiro atoms. The lowest BCUT2D eigenvalue weighted by Gasteiger charge is -2.35. The highest BCUT2D eigenvalue weighted by Gasteiger charge is 2.43. The molecule has 2 aliphatic heterocycles. The minimum absolute atomic E-state index is 0.106. The van der Waals surface area contributed by atoms with E-state index in [-0.39, 0.29) is 17.5 Å². The smallest absolute Gasteiger partial charge is 0.317 e. The number of carbonyl (C=O) groups is 1. The quantitative estimate of drug-likeness (QED) is 0.929. The Morgan fingerprint density at radius 3 is 2.74 bits per heavy atom. The number of rotatable bonds is 3. The molecule has 0 aromatic heterocycles. The van der Waals surface area contributed by atoms with Gasteiger partial charge in [-0.2, -0.15) is 0 Å². The summed E-state index contributed by atoms with van der Waals surface area (Å²) in [6, 6.07) is 10.7. The van der Waals surface area contributed by atoms with E-state index in [1.165, 1.54) is 24.8 Å². The second-order valence-electron chi connectivity index (χ2n) is 7.50. The second-order valence-corrected chi connectivity index (χ2v) is 7.50. The summed E-state index contributed by atoms with van der Waals surface area (Å²) >= 11 is 0. The predicted octanol–water partition coefficient (Wildman–Crippen LogP) is 3.35. The molecule has 1 N–H and O–H groups in total. The number of hydrogen-bond acceptors (Lipinski definition) is 2. The Balaban J connectivity index is 1.43. The highest BCUT2D eigenvalue weighted by atomic mass is 16.5. The molecule has 1 aliphatic carbocycles. The first-order chi connectivity index (χ1) is 11.3. The summed E-state index contributed by atoms with van der Waals surface area (Å²) in [4.78, 5) is 14.8. The molecule has 2 saturated heterocycles. The van der Waals surface area contributed by atoms with Crippen molar-refractivity contribution >= 4 is 6.03 Å². The molecule has 0 unspecified atom stereocenters. The fourth-order valence-corrected chi connectivity index (χ4v) is 4.21. The topological polar surface area (TPSA) is 41.6 Å². The molecule has 2 atom stereocenters. The maximum Gasteiger partial charge on any atom is 0.317 e. The predicted molar refractivity (Wildman–Crippen MR) is 89.1 cm³/mol. The van der Waals surface area contributed by atoms with Crippen LogP contribution in [0.15, 0.2) is 30.3 Å². The van der Waals surface area contributed by atoms with Crippen LogP contribution in [0.4, 0.5) is 4.79 Å². The molecule has 124 valence electrons. The fourth-order valence-electron chi connectivity index (χ4n) is 4.21. The first-order valence-corrected chi connectivity index (χ1v) is 8.94. The highest BCUT2D eigenvalue weighted by molar-refractivity contribution is 5.75. The molecule has 0 bridgehead atoms. The van der Waals surface area contributed by atoms with Crippen molar-refractivity contribution in [1.82, 2.24) is 10.2 Å². The first-order valence-electron chi connectivity index (χ1n) is 8.94. The van der Waals surface area contributed by atoms with Gasteiger partial charge < -0.3 is 15.0 Å². The van der Waals surface area contributed by atoms with E-state index in [0.29, 0.717) is 5.92 Å². The average Bonchev–Trinajstić information content (AvgIpc) is 3.16. The Hall–Kier alpha value is -1.55. The number of likely N-dealkylation sites (tertiary alicyclic amines) is 1. The van der Waals surface area contributed by atoms with Crippen molar-refractivity contribution in [3.8, 4) is 0 Å². The number of nitrogens with one attached hydrogen (secondary N) is 1. The number of ether oxygens (including phenoxy) is 1. The molecule has 2 heterocycles. The fraction of sp³-hybridized carbons (Fsp3) is 0.632. The van der Waals surface area contributed by atoms with Crippen LogP contribution in [-0.4, -0.2) is 37.2 Å². The summed E-state index contributed by atoms with van der Waals surface area (Å²) in [5, 5.41) is 3.33. The summed E-state index contributed by atoms with van der Waals surface area (Å²) in [7, 11) is 0. The third-order valence-electron chi connectivity index (χ3n) is 5.97. The van der Waals surface area contributed by atoms with Crippen molar-refractivity contribution in [3.05, 3.63) is 35.9 Å². The van der Waals surface area contributed by atoms with E-state index < -0.39 is 0 Å². The zero-order valence-corrected chi connectivity index (χ0v) is 13.7. The zero-order valence-electron chi connectivity index (χ0n) is 13.7. The van der Waals surface area contributed by atoms with Gasteiger partial charge in [0, 0.05) is 25.1 Å². The molecule has 1 aromatic rings. The van der Waals surface area contributed by atoms with Gasteiger partial charge in [-0.1, -0.05) is 36.8 Å². The van der Waals surface area contributed by atoms with Crippen molar-refractivity contribution in [1.29, 1.82) is 0 Å². The molecule has 3 fully saturated rings. The van der Waals surface area contributed by atoms with Gasteiger partial charge in [0.1, 0.15) is 0 Å². The van der Waals surface area contributed by atoms with Crippen molar-refractivity contribution in [2.75, 3.05) is 26.3 Å². The summed E-state index contributed by atoms with van der Waals surface area (Å²) in [5.41, 5.74) is 1.47. The van der Waals surface area contributed by atoms with E-state index >= 15 is 0 Å². The molecule has 3 aliphatic rings. The van der Waals surface area contributed by atoms with Gasteiger partial charge in [0.25, 0.3) is 0 Å². The zero-order chi connectivity index (χ0) is 15.7. The van der Waals surface area contributed by atoms with Crippen LogP contribution in [0, 0.1) is 11.3 Å². The molecule has 2 amide bonds. The van der Waals surface area contributed by atoms with E-state index in [4.69, 9.17) is 4.74 Å². The third-order valence-corrected chi connectivity index (χ3v) is 5.97. The van der Waals surface area contributed by atoms with E-state index in [9.17, 15) is 4.79 Å². The van der Waals surface area contributed by atoms with Gasteiger partial charge in [0.2, 0.25) is 0 Å². The molecule has 1 aromatic carbocycles. The van der Waals surface area contributed by atoms with Crippen LogP contribution in [0.1, 0.15) is 43.7 Å². The lowest BCUT2D eigenvalue weighted by atomic mass is 9.77. The summed E-state index contributed by atoms with van der Waals surface area (Å²) < 4.78 is 5.57. The lowest BCUT2D eigenvalue weighted by Crippen LogP contribution is -2.44. The SMILES string of the molecule is O=C(N[C@@H](c1ccccc1)C1CCC1)N1CC[C@]2(CCOC2)C1. The van der Waals surface area contributed by atoms with Gasteiger partial charge in [-0.3, -0.25) is 0 Å².